The number of benzene rings is 2. The molecule has 0 heterocycles. The van der Waals surface area contributed by atoms with Crippen LogP contribution in [0.15, 0.2) is 60.7 Å². The molecule has 0 aromatic heterocycles. The number of carbonyl (C=O) groups is 2. The minimum absolute atomic E-state index is 0.141. The van der Waals surface area contributed by atoms with Crippen LogP contribution < -0.4 is 0 Å². The smallest absolute Gasteiger partial charge is 0.310 e. The number of carboxylic acid groups (broad SMARTS) is 2. The summed E-state index contributed by atoms with van der Waals surface area (Å²) < 4.78 is 0. The highest BCUT2D eigenvalue weighted by Crippen LogP contribution is 2.34. The standard InChI is InChI=1S/C22H26O4/c23-21(24)15-9-3-8-14-19(17-10-4-1-5-11-17)16-20(22(25)26)18-12-6-2-7-13-18/h1-2,4-7,10-13,19-20H,3,8-9,14-16H2,(H,23,24)(H,25,26). The Morgan fingerprint density at radius 3 is 1.88 bits per heavy atom. The second kappa shape index (κ2) is 10.4. The first-order valence-electron chi connectivity index (χ1n) is 9.12. The van der Waals surface area contributed by atoms with Crippen molar-refractivity contribution in [3.8, 4) is 0 Å². The average molecular weight is 354 g/mol. The van der Waals surface area contributed by atoms with Gasteiger partial charge in [-0.25, -0.2) is 0 Å². The van der Waals surface area contributed by atoms with E-state index in [9.17, 15) is 14.7 Å². The van der Waals surface area contributed by atoms with Gasteiger partial charge in [-0.3, -0.25) is 9.59 Å². The fourth-order valence-electron chi connectivity index (χ4n) is 3.34. The lowest BCUT2D eigenvalue weighted by Gasteiger charge is -2.22. The van der Waals surface area contributed by atoms with Gasteiger partial charge >= 0.3 is 11.9 Å². The van der Waals surface area contributed by atoms with Crippen LogP contribution in [0, 0.1) is 0 Å². The number of carboxylic acids is 2. The maximum atomic E-state index is 11.9. The van der Waals surface area contributed by atoms with Crippen molar-refractivity contribution < 1.29 is 19.8 Å². The van der Waals surface area contributed by atoms with Crippen LogP contribution in [0.5, 0.6) is 0 Å². The van der Waals surface area contributed by atoms with Gasteiger partial charge in [0, 0.05) is 6.42 Å². The first-order valence-corrected chi connectivity index (χ1v) is 9.12. The molecule has 0 spiro atoms. The normalized spacial score (nSPS) is 13.1. The Balaban J connectivity index is 2.07. The molecular formula is C22H26O4. The van der Waals surface area contributed by atoms with Crippen LogP contribution in [-0.4, -0.2) is 22.2 Å². The molecule has 0 aliphatic heterocycles. The van der Waals surface area contributed by atoms with Gasteiger partial charge in [-0.15, -0.1) is 0 Å². The lowest BCUT2D eigenvalue weighted by Crippen LogP contribution is -2.15. The number of rotatable bonds is 11. The van der Waals surface area contributed by atoms with Crippen molar-refractivity contribution >= 4 is 11.9 Å². The third kappa shape index (κ3) is 6.36. The molecule has 0 bridgehead atoms. The first-order chi connectivity index (χ1) is 12.6. The van der Waals surface area contributed by atoms with Gasteiger partial charge in [-0.1, -0.05) is 73.5 Å². The Kier molecular flexibility index (Phi) is 7.87. The highest BCUT2D eigenvalue weighted by Gasteiger charge is 2.25. The SMILES string of the molecule is O=C(O)CCCCCC(CC(C(=O)O)c1ccccc1)c1ccccc1. The van der Waals surface area contributed by atoms with Crippen molar-refractivity contribution in [3.63, 3.8) is 0 Å². The number of hydrogen-bond acceptors (Lipinski definition) is 2. The topological polar surface area (TPSA) is 74.6 Å². The molecule has 0 fully saturated rings. The minimum atomic E-state index is -0.803. The molecule has 2 aromatic rings. The zero-order valence-corrected chi connectivity index (χ0v) is 14.9. The third-order valence-corrected chi connectivity index (χ3v) is 4.73. The summed E-state index contributed by atoms with van der Waals surface area (Å²) in [4.78, 5) is 22.5. The summed E-state index contributed by atoms with van der Waals surface area (Å²) in [6.45, 7) is 0. The molecule has 2 aromatic carbocycles. The van der Waals surface area contributed by atoms with E-state index in [4.69, 9.17) is 5.11 Å². The van der Waals surface area contributed by atoms with E-state index in [-0.39, 0.29) is 12.3 Å². The van der Waals surface area contributed by atoms with Crippen molar-refractivity contribution in [3.05, 3.63) is 71.8 Å². The van der Waals surface area contributed by atoms with E-state index in [0.29, 0.717) is 12.8 Å². The zero-order chi connectivity index (χ0) is 18.8. The van der Waals surface area contributed by atoms with Gasteiger partial charge in [0.1, 0.15) is 0 Å². The molecule has 4 nitrogen and oxygen atoms in total. The monoisotopic (exact) mass is 354 g/mol. The minimum Gasteiger partial charge on any atom is -0.481 e. The molecule has 2 atom stereocenters. The summed E-state index contributed by atoms with van der Waals surface area (Å²) >= 11 is 0. The van der Waals surface area contributed by atoms with E-state index in [0.717, 1.165) is 30.4 Å². The highest BCUT2D eigenvalue weighted by atomic mass is 16.4. The molecule has 4 heteroatoms. The first kappa shape index (κ1) is 19.7. The summed E-state index contributed by atoms with van der Waals surface area (Å²) in [6.07, 6.45) is 4.00. The van der Waals surface area contributed by atoms with E-state index < -0.39 is 17.9 Å². The van der Waals surface area contributed by atoms with Gasteiger partial charge in [0.05, 0.1) is 5.92 Å². The van der Waals surface area contributed by atoms with Crippen LogP contribution >= 0.6 is 0 Å². The van der Waals surface area contributed by atoms with Crippen LogP contribution in [0.25, 0.3) is 0 Å². The van der Waals surface area contributed by atoms with E-state index in [1.54, 1.807) is 0 Å². The fourth-order valence-corrected chi connectivity index (χ4v) is 3.34. The second-order valence-electron chi connectivity index (χ2n) is 6.64. The number of aliphatic carboxylic acids is 2. The van der Waals surface area contributed by atoms with Crippen LogP contribution in [0.2, 0.25) is 0 Å². The number of unbranched alkanes of at least 4 members (excludes halogenated alkanes) is 2. The molecule has 2 N–H and O–H groups in total. The quantitative estimate of drug-likeness (QED) is 0.553. The van der Waals surface area contributed by atoms with E-state index in [2.05, 4.69) is 0 Å². The average Bonchev–Trinajstić information content (AvgIpc) is 2.65. The Bertz CT molecular complexity index is 682. The summed E-state index contributed by atoms with van der Waals surface area (Å²) in [5, 5.41) is 18.5. The maximum Gasteiger partial charge on any atom is 0.310 e. The number of hydrogen-bond donors (Lipinski definition) is 2. The lowest BCUT2D eigenvalue weighted by molar-refractivity contribution is -0.139. The lowest BCUT2D eigenvalue weighted by atomic mass is 9.82. The molecule has 0 amide bonds. The Morgan fingerprint density at radius 1 is 0.769 bits per heavy atom. The molecule has 26 heavy (non-hydrogen) atoms. The molecule has 0 radical (unpaired) electrons. The maximum absolute atomic E-state index is 11.9. The predicted molar refractivity (Wildman–Crippen MR) is 101 cm³/mol. The molecule has 0 saturated heterocycles. The molecule has 2 unspecified atom stereocenters. The highest BCUT2D eigenvalue weighted by molar-refractivity contribution is 5.76. The van der Waals surface area contributed by atoms with Crippen LogP contribution in [0.3, 0.4) is 0 Å². The van der Waals surface area contributed by atoms with Gasteiger partial charge in [-0.2, -0.15) is 0 Å². The Hall–Kier alpha value is -2.62. The van der Waals surface area contributed by atoms with E-state index >= 15 is 0 Å². The van der Waals surface area contributed by atoms with Crippen LogP contribution in [0.4, 0.5) is 0 Å². The molecule has 2 rings (SSSR count). The van der Waals surface area contributed by atoms with E-state index in [1.807, 2.05) is 60.7 Å². The van der Waals surface area contributed by atoms with E-state index in [1.165, 1.54) is 0 Å². The van der Waals surface area contributed by atoms with Gasteiger partial charge in [0.15, 0.2) is 0 Å². The summed E-state index contributed by atoms with van der Waals surface area (Å²) in [7, 11) is 0. The predicted octanol–water partition coefficient (Wildman–Crippen LogP) is 5.06. The van der Waals surface area contributed by atoms with Crippen molar-refractivity contribution in [1.82, 2.24) is 0 Å². The van der Waals surface area contributed by atoms with Crippen LogP contribution in [0.1, 0.15) is 61.5 Å². The molecule has 138 valence electrons. The van der Waals surface area contributed by atoms with Crippen molar-refractivity contribution in [2.24, 2.45) is 0 Å². The summed E-state index contributed by atoms with van der Waals surface area (Å²) in [5.41, 5.74) is 1.97. The van der Waals surface area contributed by atoms with Crippen molar-refractivity contribution in [2.45, 2.75) is 50.4 Å². The molecule has 0 aliphatic carbocycles. The van der Waals surface area contributed by atoms with Crippen LogP contribution in [-0.2, 0) is 9.59 Å². The Morgan fingerprint density at radius 2 is 1.35 bits per heavy atom. The van der Waals surface area contributed by atoms with Crippen molar-refractivity contribution in [2.75, 3.05) is 0 Å². The third-order valence-electron chi connectivity index (χ3n) is 4.73. The second-order valence-corrected chi connectivity index (χ2v) is 6.64. The fraction of sp³-hybridized carbons (Fsp3) is 0.364. The summed E-state index contributed by atoms with van der Waals surface area (Å²) in [5.74, 6) is -1.97. The zero-order valence-electron chi connectivity index (χ0n) is 14.9. The molecular weight excluding hydrogens is 328 g/mol. The Labute approximate surface area is 154 Å². The largest absolute Gasteiger partial charge is 0.481 e. The van der Waals surface area contributed by atoms with Gasteiger partial charge in [-0.05, 0) is 36.3 Å². The summed E-state index contributed by atoms with van der Waals surface area (Å²) in [6, 6.07) is 19.4. The van der Waals surface area contributed by atoms with Gasteiger partial charge < -0.3 is 10.2 Å². The van der Waals surface area contributed by atoms with Gasteiger partial charge in [0.2, 0.25) is 0 Å². The van der Waals surface area contributed by atoms with Crippen molar-refractivity contribution in [1.29, 1.82) is 0 Å². The van der Waals surface area contributed by atoms with Gasteiger partial charge in [0.25, 0.3) is 0 Å². The molecule has 0 saturated carbocycles. The molecule has 0 aliphatic rings.